The molecule has 2 aromatic carbocycles. The van der Waals surface area contributed by atoms with Gasteiger partial charge in [-0.1, -0.05) is 24.3 Å². The van der Waals surface area contributed by atoms with Crippen molar-refractivity contribution in [2.24, 2.45) is 0 Å². The second kappa shape index (κ2) is 8.00. The number of carbonyl (C=O) groups excluding carboxylic acids is 1. The topological polar surface area (TPSA) is 71.7 Å². The molecule has 1 fully saturated rings. The quantitative estimate of drug-likeness (QED) is 0.758. The van der Waals surface area contributed by atoms with E-state index in [1.807, 2.05) is 59.5 Å². The van der Waals surface area contributed by atoms with Crippen LogP contribution in [0.4, 0.5) is 11.5 Å². The third-order valence-electron chi connectivity index (χ3n) is 4.76. The first-order chi connectivity index (χ1) is 13.7. The minimum atomic E-state index is 0.0218. The number of nitrogens with zero attached hydrogens (tertiary/aromatic N) is 3. The molecule has 142 valence electrons. The van der Waals surface area contributed by atoms with Gasteiger partial charge >= 0.3 is 0 Å². The molecule has 1 aliphatic rings. The van der Waals surface area contributed by atoms with Crippen LogP contribution < -0.4 is 15.4 Å². The molecule has 0 saturated carbocycles. The van der Waals surface area contributed by atoms with Crippen LogP contribution in [0.2, 0.25) is 0 Å². The van der Waals surface area contributed by atoms with E-state index in [9.17, 15) is 4.79 Å². The maximum atomic E-state index is 12.9. The van der Waals surface area contributed by atoms with Crippen molar-refractivity contribution in [1.29, 1.82) is 0 Å². The molecule has 1 saturated heterocycles. The van der Waals surface area contributed by atoms with Gasteiger partial charge in [0.25, 0.3) is 5.91 Å². The fourth-order valence-corrected chi connectivity index (χ4v) is 3.25. The van der Waals surface area contributed by atoms with Crippen LogP contribution in [-0.4, -0.2) is 42.0 Å². The number of aromatic nitrogens is 1. The lowest BCUT2D eigenvalue weighted by Crippen LogP contribution is -2.48. The molecule has 6 heteroatoms. The maximum absolute atomic E-state index is 12.9. The SMILES string of the molecule is Nc1ccc(N2CCN(C(=O)c3cccc(Oc4ccccc4)c3)CC2)cn1. The zero-order valence-electron chi connectivity index (χ0n) is 15.5. The molecule has 0 radical (unpaired) electrons. The molecule has 0 atom stereocenters. The fraction of sp³-hybridized carbons (Fsp3) is 0.182. The van der Waals surface area contributed by atoms with E-state index in [0.29, 0.717) is 30.2 Å². The lowest BCUT2D eigenvalue weighted by molar-refractivity contribution is 0.0746. The maximum Gasteiger partial charge on any atom is 0.254 e. The summed E-state index contributed by atoms with van der Waals surface area (Å²) >= 11 is 0. The third kappa shape index (κ3) is 4.06. The van der Waals surface area contributed by atoms with Gasteiger partial charge < -0.3 is 20.3 Å². The highest BCUT2D eigenvalue weighted by Crippen LogP contribution is 2.23. The van der Waals surface area contributed by atoms with E-state index in [1.165, 1.54) is 0 Å². The Hall–Kier alpha value is -3.54. The number of nitrogen functional groups attached to an aromatic ring is 1. The van der Waals surface area contributed by atoms with Gasteiger partial charge in [0, 0.05) is 31.7 Å². The van der Waals surface area contributed by atoms with E-state index in [4.69, 9.17) is 10.5 Å². The summed E-state index contributed by atoms with van der Waals surface area (Å²) in [4.78, 5) is 21.1. The van der Waals surface area contributed by atoms with Crippen molar-refractivity contribution >= 4 is 17.4 Å². The molecule has 1 aromatic heterocycles. The van der Waals surface area contributed by atoms with Crippen molar-refractivity contribution in [2.75, 3.05) is 36.8 Å². The van der Waals surface area contributed by atoms with Crippen LogP contribution in [-0.2, 0) is 0 Å². The number of piperazine rings is 1. The van der Waals surface area contributed by atoms with E-state index in [2.05, 4.69) is 9.88 Å². The lowest BCUT2D eigenvalue weighted by atomic mass is 10.1. The Morgan fingerprint density at radius 1 is 0.893 bits per heavy atom. The summed E-state index contributed by atoms with van der Waals surface area (Å²) in [5.74, 6) is 1.94. The number of benzene rings is 2. The Morgan fingerprint density at radius 2 is 1.64 bits per heavy atom. The normalized spacial score (nSPS) is 14.0. The number of amides is 1. The van der Waals surface area contributed by atoms with Gasteiger partial charge in [-0.25, -0.2) is 4.98 Å². The van der Waals surface area contributed by atoms with Crippen molar-refractivity contribution in [3.05, 3.63) is 78.5 Å². The number of rotatable bonds is 4. The molecule has 1 amide bonds. The van der Waals surface area contributed by atoms with Gasteiger partial charge in [0.05, 0.1) is 11.9 Å². The Balaban J connectivity index is 1.40. The average Bonchev–Trinajstić information content (AvgIpc) is 2.75. The molecule has 28 heavy (non-hydrogen) atoms. The highest BCUT2D eigenvalue weighted by atomic mass is 16.5. The predicted octanol–water partition coefficient (Wildman–Crippen LogP) is 3.42. The number of carbonyl (C=O) groups is 1. The van der Waals surface area contributed by atoms with Gasteiger partial charge in [0.1, 0.15) is 17.3 Å². The Morgan fingerprint density at radius 3 is 2.36 bits per heavy atom. The van der Waals surface area contributed by atoms with E-state index < -0.39 is 0 Å². The van der Waals surface area contributed by atoms with E-state index >= 15 is 0 Å². The van der Waals surface area contributed by atoms with Crippen molar-refractivity contribution in [2.45, 2.75) is 0 Å². The molecule has 0 unspecified atom stereocenters. The van der Waals surface area contributed by atoms with Crippen LogP contribution >= 0.6 is 0 Å². The van der Waals surface area contributed by atoms with Crippen LogP contribution in [0.25, 0.3) is 0 Å². The molecule has 6 nitrogen and oxygen atoms in total. The summed E-state index contributed by atoms with van der Waals surface area (Å²) < 4.78 is 5.84. The van der Waals surface area contributed by atoms with Gasteiger partial charge in [-0.3, -0.25) is 4.79 Å². The highest BCUT2D eigenvalue weighted by Gasteiger charge is 2.22. The molecular formula is C22H22N4O2. The molecule has 0 bridgehead atoms. The molecule has 1 aliphatic heterocycles. The number of ether oxygens (including phenoxy) is 1. The number of nitrogens with two attached hydrogens (primary N) is 1. The Kier molecular flexibility index (Phi) is 5.10. The van der Waals surface area contributed by atoms with Crippen LogP contribution in [0.3, 0.4) is 0 Å². The summed E-state index contributed by atoms with van der Waals surface area (Å²) in [6, 6.07) is 20.6. The lowest BCUT2D eigenvalue weighted by Gasteiger charge is -2.36. The van der Waals surface area contributed by atoms with E-state index in [-0.39, 0.29) is 5.91 Å². The molecular weight excluding hydrogens is 352 g/mol. The third-order valence-corrected chi connectivity index (χ3v) is 4.76. The molecule has 2 N–H and O–H groups in total. The molecule has 2 heterocycles. The fourth-order valence-electron chi connectivity index (χ4n) is 3.25. The van der Waals surface area contributed by atoms with Crippen molar-refractivity contribution in [3.63, 3.8) is 0 Å². The van der Waals surface area contributed by atoms with Crippen molar-refractivity contribution < 1.29 is 9.53 Å². The largest absolute Gasteiger partial charge is 0.457 e. The number of hydrogen-bond donors (Lipinski definition) is 1. The van der Waals surface area contributed by atoms with Crippen molar-refractivity contribution in [1.82, 2.24) is 9.88 Å². The molecule has 3 aromatic rings. The van der Waals surface area contributed by atoms with Crippen LogP contribution in [0.5, 0.6) is 11.5 Å². The van der Waals surface area contributed by atoms with Gasteiger partial charge in [0.2, 0.25) is 0 Å². The monoisotopic (exact) mass is 374 g/mol. The second-order valence-electron chi connectivity index (χ2n) is 6.66. The first-order valence-electron chi connectivity index (χ1n) is 9.28. The van der Waals surface area contributed by atoms with Crippen molar-refractivity contribution in [3.8, 4) is 11.5 Å². The van der Waals surface area contributed by atoms with Crippen LogP contribution in [0.1, 0.15) is 10.4 Å². The smallest absolute Gasteiger partial charge is 0.254 e. The number of pyridine rings is 1. The minimum absolute atomic E-state index is 0.0218. The summed E-state index contributed by atoms with van der Waals surface area (Å²) in [6.07, 6.45) is 1.78. The number of anilines is 2. The summed E-state index contributed by atoms with van der Waals surface area (Å²) in [7, 11) is 0. The predicted molar refractivity (Wildman–Crippen MR) is 110 cm³/mol. The van der Waals surface area contributed by atoms with Gasteiger partial charge in [-0.05, 0) is 42.5 Å². The molecule has 0 aliphatic carbocycles. The standard InChI is InChI=1S/C22H22N4O2/c23-21-10-9-18(16-24-21)25-11-13-26(14-12-25)22(27)17-5-4-8-20(15-17)28-19-6-2-1-3-7-19/h1-10,15-16H,11-14H2,(H2,23,24). The number of hydrogen-bond acceptors (Lipinski definition) is 5. The zero-order valence-corrected chi connectivity index (χ0v) is 15.5. The minimum Gasteiger partial charge on any atom is -0.457 e. The first kappa shape index (κ1) is 17.9. The number of para-hydroxylation sites is 1. The van der Waals surface area contributed by atoms with Gasteiger partial charge in [-0.15, -0.1) is 0 Å². The average molecular weight is 374 g/mol. The molecule has 0 spiro atoms. The van der Waals surface area contributed by atoms with Gasteiger partial charge in [0.15, 0.2) is 0 Å². The van der Waals surface area contributed by atoms with E-state index in [0.717, 1.165) is 24.5 Å². The summed E-state index contributed by atoms with van der Waals surface area (Å²) in [5.41, 5.74) is 7.31. The van der Waals surface area contributed by atoms with Gasteiger partial charge in [-0.2, -0.15) is 0 Å². The summed E-state index contributed by atoms with van der Waals surface area (Å²) in [6.45, 7) is 2.84. The Bertz CT molecular complexity index is 936. The second-order valence-corrected chi connectivity index (χ2v) is 6.66. The first-order valence-corrected chi connectivity index (χ1v) is 9.28. The van der Waals surface area contributed by atoms with E-state index in [1.54, 1.807) is 18.3 Å². The van der Waals surface area contributed by atoms with Crippen LogP contribution in [0, 0.1) is 0 Å². The zero-order chi connectivity index (χ0) is 19.3. The summed E-state index contributed by atoms with van der Waals surface area (Å²) in [5, 5.41) is 0. The highest BCUT2D eigenvalue weighted by molar-refractivity contribution is 5.94. The molecule has 4 rings (SSSR count). The van der Waals surface area contributed by atoms with Crippen LogP contribution in [0.15, 0.2) is 72.9 Å². The Labute approximate surface area is 164 Å².